The highest BCUT2D eigenvalue weighted by molar-refractivity contribution is 7.10. The molecule has 3 heterocycles. The summed E-state index contributed by atoms with van der Waals surface area (Å²) in [5, 5.41) is 4.20. The molecule has 0 saturated heterocycles. The summed E-state index contributed by atoms with van der Waals surface area (Å²) in [6.45, 7) is 5.66. The average molecular weight is 414 g/mol. The number of fused-ring (bicyclic) bond motifs is 1. The van der Waals surface area contributed by atoms with E-state index in [-0.39, 0.29) is 11.9 Å². The van der Waals surface area contributed by atoms with Gasteiger partial charge in [0, 0.05) is 21.9 Å². The topological polar surface area (TPSA) is 38.8 Å². The molecule has 0 spiro atoms. The van der Waals surface area contributed by atoms with Crippen LogP contribution in [0.15, 0.2) is 47.2 Å². The van der Waals surface area contributed by atoms with Gasteiger partial charge in [0.05, 0.1) is 19.3 Å². The first-order valence-corrected chi connectivity index (χ1v) is 11.3. The summed E-state index contributed by atoms with van der Waals surface area (Å²) in [5.41, 5.74) is 1.88. The SMILES string of the molecule is CCOc1ccc(C(=O)N2CCc3sccc3C2c2cccs2)cc1OCC. The summed E-state index contributed by atoms with van der Waals surface area (Å²) in [4.78, 5) is 18.1. The van der Waals surface area contributed by atoms with E-state index in [9.17, 15) is 4.79 Å². The van der Waals surface area contributed by atoms with Crippen molar-refractivity contribution in [2.75, 3.05) is 19.8 Å². The van der Waals surface area contributed by atoms with Gasteiger partial charge in [-0.2, -0.15) is 0 Å². The second kappa shape index (κ2) is 8.37. The molecule has 4 rings (SSSR count). The van der Waals surface area contributed by atoms with Gasteiger partial charge in [0.1, 0.15) is 0 Å². The van der Waals surface area contributed by atoms with E-state index in [2.05, 4.69) is 22.9 Å². The number of carbonyl (C=O) groups excluding carboxylic acids is 1. The number of nitrogens with zero attached hydrogens (tertiary/aromatic N) is 1. The molecule has 1 aliphatic heterocycles. The highest BCUT2D eigenvalue weighted by Crippen LogP contribution is 2.40. The Balaban J connectivity index is 1.70. The van der Waals surface area contributed by atoms with Crippen LogP contribution in [0.4, 0.5) is 0 Å². The van der Waals surface area contributed by atoms with Crippen molar-refractivity contribution in [2.24, 2.45) is 0 Å². The number of hydrogen-bond donors (Lipinski definition) is 0. The van der Waals surface area contributed by atoms with Crippen LogP contribution in [0.5, 0.6) is 11.5 Å². The number of carbonyl (C=O) groups is 1. The van der Waals surface area contributed by atoms with Gasteiger partial charge in [-0.25, -0.2) is 0 Å². The number of benzene rings is 1. The molecule has 4 nitrogen and oxygen atoms in total. The smallest absolute Gasteiger partial charge is 0.254 e. The number of hydrogen-bond acceptors (Lipinski definition) is 5. The third-order valence-corrected chi connectivity index (χ3v) is 6.75. The maximum absolute atomic E-state index is 13.5. The van der Waals surface area contributed by atoms with Gasteiger partial charge in [0.25, 0.3) is 5.91 Å². The van der Waals surface area contributed by atoms with E-state index in [0.717, 1.165) is 6.42 Å². The molecule has 1 aliphatic rings. The fourth-order valence-electron chi connectivity index (χ4n) is 3.64. The molecular weight excluding hydrogens is 390 g/mol. The molecule has 3 aromatic rings. The Kier molecular flexibility index (Phi) is 5.69. The predicted molar refractivity (Wildman–Crippen MR) is 114 cm³/mol. The second-order valence-electron chi connectivity index (χ2n) is 6.49. The minimum Gasteiger partial charge on any atom is -0.490 e. The molecule has 1 amide bonds. The van der Waals surface area contributed by atoms with Gasteiger partial charge in [0.15, 0.2) is 11.5 Å². The van der Waals surface area contributed by atoms with Gasteiger partial charge in [-0.05, 0) is 66.9 Å². The van der Waals surface area contributed by atoms with Crippen LogP contribution in [0.3, 0.4) is 0 Å². The average Bonchev–Trinajstić information content (AvgIpc) is 3.40. The molecule has 0 N–H and O–H groups in total. The molecule has 0 saturated carbocycles. The Morgan fingerprint density at radius 3 is 2.64 bits per heavy atom. The van der Waals surface area contributed by atoms with Crippen molar-refractivity contribution in [1.82, 2.24) is 4.90 Å². The van der Waals surface area contributed by atoms with E-state index in [1.807, 2.05) is 43.0 Å². The van der Waals surface area contributed by atoms with Crippen molar-refractivity contribution in [3.8, 4) is 11.5 Å². The van der Waals surface area contributed by atoms with Crippen molar-refractivity contribution in [3.63, 3.8) is 0 Å². The van der Waals surface area contributed by atoms with Crippen LogP contribution < -0.4 is 9.47 Å². The van der Waals surface area contributed by atoms with Gasteiger partial charge >= 0.3 is 0 Å². The Labute approximate surface area is 173 Å². The minimum absolute atomic E-state index is 0.0235. The normalized spacial score (nSPS) is 15.9. The zero-order valence-corrected chi connectivity index (χ0v) is 17.6. The molecule has 6 heteroatoms. The first kappa shape index (κ1) is 19.0. The molecule has 1 unspecified atom stereocenters. The monoisotopic (exact) mass is 413 g/mol. The Morgan fingerprint density at radius 1 is 1.07 bits per heavy atom. The molecule has 0 fully saturated rings. The zero-order valence-electron chi connectivity index (χ0n) is 16.0. The summed E-state index contributed by atoms with van der Waals surface area (Å²) >= 11 is 3.48. The van der Waals surface area contributed by atoms with Crippen molar-refractivity contribution in [1.29, 1.82) is 0 Å². The number of ether oxygens (including phenoxy) is 2. The van der Waals surface area contributed by atoms with Gasteiger partial charge in [-0.15, -0.1) is 22.7 Å². The highest BCUT2D eigenvalue weighted by atomic mass is 32.1. The molecule has 0 bridgehead atoms. The van der Waals surface area contributed by atoms with E-state index >= 15 is 0 Å². The van der Waals surface area contributed by atoms with Crippen LogP contribution >= 0.6 is 22.7 Å². The summed E-state index contributed by atoms with van der Waals surface area (Å²) < 4.78 is 11.4. The van der Waals surface area contributed by atoms with E-state index < -0.39 is 0 Å². The zero-order chi connectivity index (χ0) is 19.5. The van der Waals surface area contributed by atoms with E-state index in [4.69, 9.17) is 9.47 Å². The summed E-state index contributed by atoms with van der Waals surface area (Å²) in [5.74, 6) is 1.32. The lowest BCUT2D eigenvalue weighted by molar-refractivity contribution is 0.0698. The van der Waals surface area contributed by atoms with Gasteiger partial charge < -0.3 is 14.4 Å². The predicted octanol–water partition coefficient (Wildman–Crippen LogP) is 5.39. The van der Waals surface area contributed by atoms with Crippen LogP contribution in [-0.4, -0.2) is 30.6 Å². The Bertz CT molecular complexity index is 949. The summed E-state index contributed by atoms with van der Waals surface area (Å²) in [6.07, 6.45) is 0.899. The number of rotatable bonds is 6. The van der Waals surface area contributed by atoms with Crippen molar-refractivity contribution in [2.45, 2.75) is 26.3 Å². The molecular formula is C22H23NO3S2. The Hall–Kier alpha value is -2.31. The Morgan fingerprint density at radius 2 is 1.89 bits per heavy atom. The van der Waals surface area contributed by atoms with Crippen LogP contribution in [0, 0.1) is 0 Å². The van der Waals surface area contributed by atoms with Crippen LogP contribution in [-0.2, 0) is 6.42 Å². The number of amides is 1. The van der Waals surface area contributed by atoms with Crippen molar-refractivity contribution >= 4 is 28.6 Å². The molecule has 2 aromatic heterocycles. The van der Waals surface area contributed by atoms with Crippen molar-refractivity contribution < 1.29 is 14.3 Å². The lowest BCUT2D eigenvalue weighted by Gasteiger charge is -2.35. The van der Waals surface area contributed by atoms with Gasteiger partial charge in [-0.3, -0.25) is 4.79 Å². The fraction of sp³-hybridized carbons (Fsp3) is 0.318. The third kappa shape index (κ3) is 3.54. The minimum atomic E-state index is -0.0235. The largest absolute Gasteiger partial charge is 0.490 e. The van der Waals surface area contributed by atoms with E-state index in [1.165, 1.54) is 15.3 Å². The van der Waals surface area contributed by atoms with Crippen LogP contribution in [0.1, 0.15) is 45.6 Å². The maximum Gasteiger partial charge on any atom is 0.254 e. The number of thiophene rings is 2. The summed E-state index contributed by atoms with van der Waals surface area (Å²) in [7, 11) is 0. The standard InChI is InChI=1S/C22H23NO3S2/c1-3-25-17-8-7-15(14-18(17)26-4-2)22(24)23-11-9-19-16(10-13-28-19)21(23)20-6-5-12-27-20/h5-8,10,12-14,21H,3-4,9,11H2,1-2H3. The molecule has 28 heavy (non-hydrogen) atoms. The van der Waals surface area contributed by atoms with E-state index in [1.54, 1.807) is 22.7 Å². The van der Waals surface area contributed by atoms with Gasteiger partial charge in [-0.1, -0.05) is 6.07 Å². The maximum atomic E-state index is 13.5. The highest BCUT2D eigenvalue weighted by Gasteiger charge is 2.34. The van der Waals surface area contributed by atoms with E-state index in [0.29, 0.717) is 36.8 Å². The van der Waals surface area contributed by atoms with Gasteiger partial charge in [0.2, 0.25) is 0 Å². The quantitative estimate of drug-likeness (QED) is 0.543. The summed E-state index contributed by atoms with van der Waals surface area (Å²) in [6, 6.07) is 11.8. The second-order valence-corrected chi connectivity index (χ2v) is 8.47. The fourth-order valence-corrected chi connectivity index (χ4v) is 5.40. The molecule has 1 aromatic carbocycles. The molecule has 146 valence electrons. The molecule has 0 radical (unpaired) electrons. The van der Waals surface area contributed by atoms with Crippen molar-refractivity contribution in [3.05, 3.63) is 68.0 Å². The first-order chi connectivity index (χ1) is 13.7. The lowest BCUT2D eigenvalue weighted by atomic mass is 9.97. The lowest BCUT2D eigenvalue weighted by Crippen LogP contribution is -2.39. The van der Waals surface area contributed by atoms with Crippen LogP contribution in [0.25, 0.3) is 0 Å². The first-order valence-electron chi connectivity index (χ1n) is 9.53. The molecule has 0 aliphatic carbocycles. The molecule has 1 atom stereocenters. The third-order valence-electron chi connectivity index (χ3n) is 4.83. The van der Waals surface area contributed by atoms with Crippen LogP contribution in [0.2, 0.25) is 0 Å².